The molecule has 1 fully saturated rings. The van der Waals surface area contributed by atoms with E-state index in [2.05, 4.69) is 32.2 Å². The molecule has 0 unspecified atom stereocenters. The summed E-state index contributed by atoms with van der Waals surface area (Å²) in [5.41, 5.74) is 4.82. The highest BCUT2D eigenvalue weighted by molar-refractivity contribution is 5.66. The van der Waals surface area contributed by atoms with Gasteiger partial charge in [-0.3, -0.25) is 0 Å². The van der Waals surface area contributed by atoms with Crippen LogP contribution in [-0.2, 0) is 6.42 Å². The smallest absolute Gasteiger partial charge is 0.202 e. The summed E-state index contributed by atoms with van der Waals surface area (Å²) in [6.07, 6.45) is 10.2. The van der Waals surface area contributed by atoms with Crippen molar-refractivity contribution in [3.63, 3.8) is 0 Å². The summed E-state index contributed by atoms with van der Waals surface area (Å²) in [4.78, 5) is 0. The molecule has 0 radical (unpaired) electrons. The molecule has 0 amide bonds. The maximum Gasteiger partial charge on any atom is 0.269 e. The van der Waals surface area contributed by atoms with Gasteiger partial charge in [0.2, 0.25) is 0 Å². The standard InChI is InChI=1S/C24H32F2/c1-18(2)7-6-13-24(15-16-24)14-12-21-8-10-22(11-9-21)19(3)17-20(4)23(5,25)26/h8-11,17H,1,4,6-7,12-16H2,2-3,5H3/b19-17+. The first-order chi connectivity index (χ1) is 12.1. The van der Waals surface area contributed by atoms with Gasteiger partial charge in [0.25, 0.3) is 5.92 Å². The largest absolute Gasteiger partial charge is 0.269 e. The van der Waals surface area contributed by atoms with Crippen LogP contribution >= 0.6 is 0 Å². The number of allylic oxidation sites excluding steroid dienone is 4. The molecule has 1 aromatic carbocycles. The molecule has 0 bridgehead atoms. The van der Waals surface area contributed by atoms with Gasteiger partial charge in [-0.2, -0.15) is 0 Å². The van der Waals surface area contributed by atoms with Crippen LogP contribution in [0.25, 0.3) is 5.57 Å². The number of halogens is 2. The number of hydrogen-bond acceptors (Lipinski definition) is 0. The van der Waals surface area contributed by atoms with Crippen molar-refractivity contribution in [3.05, 3.63) is 65.8 Å². The molecule has 26 heavy (non-hydrogen) atoms. The van der Waals surface area contributed by atoms with Crippen molar-refractivity contribution in [2.75, 3.05) is 0 Å². The Labute approximate surface area is 157 Å². The van der Waals surface area contributed by atoms with Crippen LogP contribution in [0.4, 0.5) is 8.78 Å². The van der Waals surface area contributed by atoms with E-state index in [1.807, 2.05) is 19.1 Å². The zero-order valence-electron chi connectivity index (χ0n) is 16.5. The monoisotopic (exact) mass is 358 g/mol. The van der Waals surface area contributed by atoms with Gasteiger partial charge < -0.3 is 0 Å². The van der Waals surface area contributed by atoms with Crippen LogP contribution in [0.1, 0.15) is 70.4 Å². The van der Waals surface area contributed by atoms with Crippen LogP contribution in [0, 0.1) is 5.41 Å². The molecule has 0 atom stereocenters. The Morgan fingerprint density at radius 2 is 1.73 bits per heavy atom. The van der Waals surface area contributed by atoms with E-state index >= 15 is 0 Å². The quantitative estimate of drug-likeness (QED) is 0.296. The normalized spacial score (nSPS) is 16.4. The highest BCUT2D eigenvalue weighted by Crippen LogP contribution is 2.53. The van der Waals surface area contributed by atoms with Crippen molar-refractivity contribution < 1.29 is 8.78 Å². The third-order valence-electron chi connectivity index (χ3n) is 5.58. The average Bonchev–Trinajstić information content (AvgIpc) is 3.32. The lowest BCUT2D eigenvalue weighted by atomic mass is 9.90. The Hall–Kier alpha value is -1.70. The van der Waals surface area contributed by atoms with E-state index in [4.69, 9.17) is 0 Å². The lowest BCUT2D eigenvalue weighted by molar-refractivity contribution is 0.0680. The van der Waals surface area contributed by atoms with Gasteiger partial charge in [-0.1, -0.05) is 42.5 Å². The minimum absolute atomic E-state index is 0.149. The molecule has 0 spiro atoms. The number of benzene rings is 1. The van der Waals surface area contributed by atoms with E-state index < -0.39 is 5.92 Å². The molecule has 0 aromatic heterocycles. The lowest BCUT2D eigenvalue weighted by Gasteiger charge is -2.15. The Morgan fingerprint density at radius 3 is 2.23 bits per heavy atom. The number of aryl methyl sites for hydroxylation is 1. The summed E-state index contributed by atoms with van der Waals surface area (Å²) < 4.78 is 26.5. The van der Waals surface area contributed by atoms with Crippen LogP contribution in [0.2, 0.25) is 0 Å². The molecule has 2 heteroatoms. The molecule has 0 heterocycles. The molecule has 2 rings (SSSR count). The summed E-state index contributed by atoms with van der Waals surface area (Å²) >= 11 is 0. The van der Waals surface area contributed by atoms with Gasteiger partial charge in [0.15, 0.2) is 0 Å². The van der Waals surface area contributed by atoms with E-state index in [1.54, 1.807) is 0 Å². The van der Waals surface area contributed by atoms with Crippen molar-refractivity contribution >= 4 is 5.57 Å². The predicted octanol–water partition coefficient (Wildman–Crippen LogP) is 7.76. The molecule has 1 saturated carbocycles. The van der Waals surface area contributed by atoms with Crippen LogP contribution < -0.4 is 0 Å². The minimum Gasteiger partial charge on any atom is -0.202 e. The summed E-state index contributed by atoms with van der Waals surface area (Å²) in [6, 6.07) is 8.32. The van der Waals surface area contributed by atoms with E-state index in [0.29, 0.717) is 5.41 Å². The van der Waals surface area contributed by atoms with Gasteiger partial charge in [0.1, 0.15) is 0 Å². The van der Waals surface area contributed by atoms with Crippen molar-refractivity contribution in [1.82, 2.24) is 0 Å². The number of alkyl halides is 2. The van der Waals surface area contributed by atoms with Crippen LogP contribution in [0.3, 0.4) is 0 Å². The maximum absolute atomic E-state index is 13.3. The first-order valence-electron chi connectivity index (χ1n) is 9.61. The topological polar surface area (TPSA) is 0 Å². The maximum atomic E-state index is 13.3. The summed E-state index contributed by atoms with van der Waals surface area (Å²) in [5.74, 6) is -2.87. The highest BCUT2D eigenvalue weighted by Gasteiger charge is 2.40. The van der Waals surface area contributed by atoms with E-state index in [0.717, 1.165) is 30.9 Å². The summed E-state index contributed by atoms with van der Waals surface area (Å²) in [7, 11) is 0. The average molecular weight is 359 g/mol. The second-order valence-corrected chi connectivity index (χ2v) is 8.25. The van der Waals surface area contributed by atoms with Gasteiger partial charge in [-0.25, -0.2) is 8.78 Å². The van der Waals surface area contributed by atoms with Gasteiger partial charge in [-0.05, 0) is 80.9 Å². The molecular formula is C24H32F2. The van der Waals surface area contributed by atoms with Crippen LogP contribution in [-0.4, -0.2) is 5.92 Å². The minimum atomic E-state index is -2.87. The number of rotatable bonds is 10. The summed E-state index contributed by atoms with van der Waals surface area (Å²) in [6.45, 7) is 12.3. The SMILES string of the molecule is C=C(C)CCCC1(CCc2ccc(/C(C)=C/C(=C)C(C)(F)F)cc2)CC1. The van der Waals surface area contributed by atoms with Gasteiger partial charge in [0.05, 0.1) is 0 Å². The van der Waals surface area contributed by atoms with Crippen LogP contribution in [0.5, 0.6) is 0 Å². The second-order valence-electron chi connectivity index (χ2n) is 8.25. The molecule has 1 aliphatic rings. The van der Waals surface area contributed by atoms with E-state index in [-0.39, 0.29) is 5.57 Å². The van der Waals surface area contributed by atoms with E-state index in [9.17, 15) is 8.78 Å². The molecule has 0 saturated heterocycles. The molecule has 0 nitrogen and oxygen atoms in total. The van der Waals surface area contributed by atoms with Crippen molar-refractivity contribution in [2.24, 2.45) is 5.41 Å². The Morgan fingerprint density at radius 1 is 1.12 bits per heavy atom. The fraction of sp³-hybridized carbons (Fsp3) is 0.500. The zero-order chi connectivity index (χ0) is 19.4. The molecule has 1 aliphatic carbocycles. The van der Waals surface area contributed by atoms with Crippen molar-refractivity contribution in [3.8, 4) is 0 Å². The fourth-order valence-electron chi connectivity index (χ4n) is 3.38. The fourth-order valence-corrected chi connectivity index (χ4v) is 3.38. The van der Waals surface area contributed by atoms with Crippen LogP contribution in [0.15, 0.2) is 54.6 Å². The second kappa shape index (κ2) is 8.33. The van der Waals surface area contributed by atoms with Crippen molar-refractivity contribution in [2.45, 2.75) is 71.6 Å². The Bertz CT molecular complexity index is 667. The first-order valence-corrected chi connectivity index (χ1v) is 9.61. The Kier molecular flexibility index (Phi) is 6.60. The van der Waals surface area contributed by atoms with E-state index in [1.165, 1.54) is 49.3 Å². The highest BCUT2D eigenvalue weighted by atomic mass is 19.3. The summed E-state index contributed by atoms with van der Waals surface area (Å²) in [5, 5.41) is 0. The number of hydrogen-bond donors (Lipinski definition) is 0. The molecule has 0 aliphatic heterocycles. The van der Waals surface area contributed by atoms with Gasteiger partial charge >= 0.3 is 0 Å². The van der Waals surface area contributed by atoms with Crippen molar-refractivity contribution in [1.29, 1.82) is 0 Å². The first kappa shape index (κ1) is 20.6. The lowest BCUT2D eigenvalue weighted by Crippen LogP contribution is -2.11. The third-order valence-corrected chi connectivity index (χ3v) is 5.58. The molecule has 1 aromatic rings. The predicted molar refractivity (Wildman–Crippen MR) is 109 cm³/mol. The zero-order valence-corrected chi connectivity index (χ0v) is 16.5. The third kappa shape index (κ3) is 6.23. The molecule has 142 valence electrons. The van der Waals surface area contributed by atoms with Gasteiger partial charge in [0, 0.05) is 12.5 Å². The van der Waals surface area contributed by atoms with Gasteiger partial charge in [-0.15, -0.1) is 6.58 Å². The molecule has 0 N–H and O–H groups in total. The Balaban J connectivity index is 1.89. The molecular weight excluding hydrogens is 326 g/mol.